The summed E-state index contributed by atoms with van der Waals surface area (Å²) in [5.41, 5.74) is 6.74. The summed E-state index contributed by atoms with van der Waals surface area (Å²) in [6.07, 6.45) is 16.8. The van der Waals surface area contributed by atoms with Gasteiger partial charge in [0.1, 0.15) is 5.76 Å². The maximum Gasteiger partial charge on any atom is 0.165 e. The largest absolute Gasteiger partial charge is 0.512 e. The minimum Gasteiger partial charge on any atom is -0.512 e. The zero-order valence-corrected chi connectivity index (χ0v) is 39.9. The molecule has 0 unspecified atom stereocenters. The number of hydrogen-bond donors (Lipinski definition) is 1. The maximum absolute atomic E-state index is 13.4. The van der Waals surface area contributed by atoms with E-state index in [1.807, 2.05) is 0 Å². The predicted octanol–water partition coefficient (Wildman–Crippen LogP) is 12.2. The summed E-state index contributed by atoms with van der Waals surface area (Å²) in [6, 6.07) is 28.1. The van der Waals surface area contributed by atoms with Crippen molar-refractivity contribution in [1.29, 1.82) is 0 Å². The second kappa shape index (κ2) is 15.1. The molecule has 1 heterocycles. The summed E-state index contributed by atoms with van der Waals surface area (Å²) in [5.74, 6) is 5.64. The van der Waals surface area contributed by atoms with Gasteiger partial charge in [-0.25, -0.2) is 0 Å². The van der Waals surface area contributed by atoms with Crippen LogP contribution in [0.5, 0.6) is 0 Å². The van der Waals surface area contributed by atoms with E-state index >= 15 is 0 Å². The van der Waals surface area contributed by atoms with Gasteiger partial charge in [0, 0.05) is 42.4 Å². The van der Waals surface area contributed by atoms with Gasteiger partial charge in [-0.15, -0.1) is 34.5 Å². The third-order valence-electron chi connectivity index (χ3n) is 15.3. The molecular formula is C51H64IrNO2Si2-. The van der Waals surface area contributed by atoms with Crippen LogP contribution in [0.2, 0.25) is 39.3 Å². The quantitative estimate of drug-likeness (QED) is 0.0869. The number of pyridine rings is 1. The molecule has 3 nitrogen and oxygen atoms in total. The molecule has 1 aromatic heterocycles. The Hall–Kier alpha value is -2.64. The predicted molar refractivity (Wildman–Crippen MR) is 239 cm³/mol. The molecule has 8 fully saturated rings. The molecule has 6 heteroatoms. The minimum absolute atomic E-state index is 0. The van der Waals surface area contributed by atoms with Crippen molar-refractivity contribution in [1.82, 2.24) is 4.98 Å². The summed E-state index contributed by atoms with van der Waals surface area (Å²) in [4.78, 5) is 18.5. The van der Waals surface area contributed by atoms with Gasteiger partial charge in [0.15, 0.2) is 5.78 Å². The van der Waals surface area contributed by atoms with E-state index in [4.69, 9.17) is 4.98 Å². The van der Waals surface area contributed by atoms with Gasteiger partial charge in [-0.1, -0.05) is 99.9 Å². The number of benzene rings is 3. The Balaban J connectivity index is 0.000000160. The Morgan fingerprint density at radius 3 is 1.70 bits per heavy atom. The van der Waals surface area contributed by atoms with Crippen LogP contribution in [0.4, 0.5) is 0 Å². The molecule has 0 spiro atoms. The van der Waals surface area contributed by atoms with Crippen LogP contribution < -0.4 is 10.4 Å². The van der Waals surface area contributed by atoms with Gasteiger partial charge in [0.05, 0.1) is 21.7 Å². The van der Waals surface area contributed by atoms with E-state index in [-0.39, 0.29) is 30.9 Å². The van der Waals surface area contributed by atoms with Crippen molar-refractivity contribution in [3.8, 4) is 22.4 Å². The molecule has 57 heavy (non-hydrogen) atoms. The molecule has 303 valence electrons. The van der Waals surface area contributed by atoms with Crippen LogP contribution in [0.15, 0.2) is 78.6 Å². The summed E-state index contributed by atoms with van der Waals surface area (Å²) in [5, 5.41) is 15.3. The molecule has 8 saturated carbocycles. The van der Waals surface area contributed by atoms with Crippen molar-refractivity contribution < 1.29 is 30.0 Å². The molecule has 1 radical (unpaired) electrons. The van der Waals surface area contributed by atoms with E-state index < -0.39 is 16.1 Å². The van der Waals surface area contributed by atoms with Crippen molar-refractivity contribution in [3.63, 3.8) is 0 Å². The normalized spacial score (nSPS) is 31.2. The van der Waals surface area contributed by atoms with E-state index in [0.717, 1.165) is 90.8 Å². The molecule has 3 aromatic carbocycles. The Morgan fingerprint density at radius 2 is 1.19 bits per heavy atom. The van der Waals surface area contributed by atoms with E-state index in [0.29, 0.717) is 11.5 Å². The number of ketones is 1. The van der Waals surface area contributed by atoms with Crippen LogP contribution in [0.1, 0.15) is 82.6 Å². The van der Waals surface area contributed by atoms with Crippen molar-refractivity contribution in [2.75, 3.05) is 0 Å². The standard InChI is InChI=1S/C28H32NSi2.C23H32O2.Ir/c1-20-15-22(17-24(16-20)31(5,6)7)28-19-25(21-11-9-8-10-12-21)26-18-23(30(2,3)4)13-14-27(26)29-28;24-20(22-8-14-1-15(9-22)3-16(2-14)10-22)7-21(25)23-11-17-4-18(12-23)6-19(5-17)13-23;/h8-14,16-19H,1-7H3;7,14-19,24H,1-6,8-13H2;/q-1;;/b;20-7-;. The summed E-state index contributed by atoms with van der Waals surface area (Å²) in [6.45, 7) is 16.5. The SMILES string of the molecule is Cc1[c-]c(-c2cc(-c3ccccc3)c3cc([Si](C)(C)C)ccc3n2)cc([Si](C)(C)C)c1.O=C(/C=C(\O)C12CC3CC(CC(C3)C1)C2)C12CC3CC(CC(C3)C1)C2.[Ir]. The van der Waals surface area contributed by atoms with Crippen LogP contribution in [-0.4, -0.2) is 32.0 Å². The second-order valence-corrected chi connectivity index (χ2v) is 32.1. The number of fused-ring (bicyclic) bond motifs is 1. The molecule has 12 rings (SSSR count). The Kier molecular flexibility index (Phi) is 10.9. The molecule has 0 aliphatic heterocycles. The number of aryl methyl sites for hydroxylation is 1. The first-order chi connectivity index (χ1) is 26.5. The van der Waals surface area contributed by atoms with Crippen LogP contribution in [0.3, 0.4) is 0 Å². The van der Waals surface area contributed by atoms with Gasteiger partial charge in [0.25, 0.3) is 0 Å². The number of carbonyl (C=O) groups excluding carboxylic acids is 1. The fourth-order valence-electron chi connectivity index (χ4n) is 13.2. The zero-order valence-electron chi connectivity index (χ0n) is 35.5. The van der Waals surface area contributed by atoms with Gasteiger partial charge in [-0.05, 0) is 135 Å². The first-order valence-corrected chi connectivity index (χ1v) is 29.1. The molecule has 8 bridgehead atoms. The number of allylic oxidation sites excluding steroid dienone is 2. The van der Waals surface area contributed by atoms with Crippen molar-refractivity contribution in [2.24, 2.45) is 46.3 Å². The monoisotopic (exact) mass is 971 g/mol. The van der Waals surface area contributed by atoms with E-state index in [9.17, 15) is 9.90 Å². The molecule has 0 atom stereocenters. The van der Waals surface area contributed by atoms with Crippen molar-refractivity contribution in [3.05, 3.63) is 90.2 Å². The van der Waals surface area contributed by atoms with Gasteiger partial charge in [-0.3, -0.25) is 9.78 Å². The van der Waals surface area contributed by atoms with Crippen LogP contribution in [-0.2, 0) is 24.9 Å². The summed E-state index contributed by atoms with van der Waals surface area (Å²) >= 11 is 0. The van der Waals surface area contributed by atoms with Gasteiger partial charge in [-0.2, -0.15) is 0 Å². The maximum atomic E-state index is 13.4. The number of aliphatic hydroxyl groups excluding tert-OH is 1. The Morgan fingerprint density at radius 1 is 0.684 bits per heavy atom. The molecule has 0 amide bonds. The average molecular weight is 971 g/mol. The van der Waals surface area contributed by atoms with E-state index in [1.54, 1.807) is 6.08 Å². The second-order valence-electron chi connectivity index (χ2n) is 21.9. The topological polar surface area (TPSA) is 50.2 Å². The molecule has 1 N–H and O–H groups in total. The van der Waals surface area contributed by atoms with Gasteiger partial charge in [0.2, 0.25) is 0 Å². The van der Waals surface area contributed by atoms with Crippen molar-refractivity contribution >= 4 is 43.2 Å². The number of nitrogens with zero attached hydrogens (tertiary/aromatic N) is 1. The third kappa shape index (κ3) is 8.04. The minimum atomic E-state index is -1.43. The van der Waals surface area contributed by atoms with Crippen LogP contribution in [0, 0.1) is 59.3 Å². The summed E-state index contributed by atoms with van der Waals surface area (Å²) in [7, 11) is -2.85. The number of aromatic nitrogens is 1. The average Bonchev–Trinajstić information content (AvgIpc) is 3.13. The van der Waals surface area contributed by atoms with E-state index in [2.05, 4.69) is 119 Å². The van der Waals surface area contributed by atoms with Gasteiger partial charge < -0.3 is 5.11 Å². The summed E-state index contributed by atoms with van der Waals surface area (Å²) < 4.78 is 0. The molecule has 0 saturated heterocycles. The molecule has 8 aliphatic rings. The Labute approximate surface area is 358 Å². The third-order valence-corrected chi connectivity index (χ3v) is 19.4. The first-order valence-electron chi connectivity index (χ1n) is 22.1. The fraction of sp³-hybridized carbons (Fsp3) is 0.529. The van der Waals surface area contributed by atoms with E-state index in [1.165, 1.54) is 71.0 Å². The first kappa shape index (κ1) is 41.1. The van der Waals surface area contributed by atoms with Gasteiger partial charge >= 0.3 is 0 Å². The van der Waals surface area contributed by atoms with Crippen molar-refractivity contribution in [2.45, 2.75) is 123 Å². The number of rotatable bonds is 7. The fourth-order valence-corrected chi connectivity index (χ4v) is 15.6. The van der Waals surface area contributed by atoms with Crippen LogP contribution >= 0.6 is 0 Å². The molecular weight excluding hydrogens is 907 g/mol. The Bertz CT molecular complexity index is 2120. The molecule has 4 aromatic rings. The zero-order chi connectivity index (χ0) is 39.2. The smallest absolute Gasteiger partial charge is 0.165 e. The molecule has 8 aliphatic carbocycles. The number of hydrogen-bond acceptors (Lipinski definition) is 3. The number of aliphatic hydroxyl groups is 1. The van der Waals surface area contributed by atoms with Crippen LogP contribution in [0.25, 0.3) is 33.3 Å². The number of carbonyl (C=O) groups is 1.